The maximum Gasteiger partial charge on any atom is 0.425 e. The minimum atomic E-state index is -1.07. The number of carbonyl (C=O) groups is 1. The number of aromatic hydroxyl groups is 1. The Morgan fingerprint density at radius 3 is 2.60 bits per heavy atom. The highest BCUT2D eigenvalue weighted by Crippen LogP contribution is 2.30. The molecule has 0 radical (unpaired) electrons. The summed E-state index contributed by atoms with van der Waals surface area (Å²) < 4.78 is 12.5. The van der Waals surface area contributed by atoms with Crippen molar-refractivity contribution in [3.63, 3.8) is 0 Å². The first-order chi connectivity index (χ1) is 14.3. The molecule has 2 aromatic carbocycles. The average Bonchev–Trinajstić information content (AvgIpc) is 2.68. The number of hydrogen-bond acceptors (Lipinski definition) is 6. The van der Waals surface area contributed by atoms with E-state index in [1.807, 2.05) is 13.8 Å². The number of nitrogens with zero attached hydrogens (tertiary/aromatic N) is 1. The molecule has 0 saturated carbocycles. The van der Waals surface area contributed by atoms with Gasteiger partial charge in [-0.15, -0.1) is 0 Å². The third-order valence-corrected chi connectivity index (χ3v) is 4.93. The molecule has 0 spiro atoms. The number of fused-ring (bicyclic) bond motifs is 1. The largest absolute Gasteiger partial charge is 0.508 e. The first kappa shape index (κ1) is 21.4. The smallest absolute Gasteiger partial charge is 0.425 e. The fourth-order valence-corrected chi connectivity index (χ4v) is 3.35. The topological polar surface area (TPSA) is 114 Å². The molecule has 0 atom stereocenters. The molecule has 158 valence electrons. The summed E-state index contributed by atoms with van der Waals surface area (Å²) in [4.78, 5) is 22.9. The fourth-order valence-electron chi connectivity index (χ4n) is 3.01. The highest BCUT2D eigenvalue weighted by atomic mass is 32.1. The van der Waals surface area contributed by atoms with Crippen LogP contribution in [0.25, 0.3) is 16.7 Å². The molecule has 0 aliphatic rings. The molecule has 0 fully saturated rings. The molecule has 0 saturated heterocycles. The van der Waals surface area contributed by atoms with Gasteiger partial charge >= 0.3 is 11.8 Å². The van der Waals surface area contributed by atoms with E-state index in [0.717, 1.165) is 5.56 Å². The highest BCUT2D eigenvalue weighted by molar-refractivity contribution is 7.71. The second kappa shape index (κ2) is 9.00. The summed E-state index contributed by atoms with van der Waals surface area (Å²) in [5, 5.41) is 21.5. The molecule has 1 aromatic heterocycles. The van der Waals surface area contributed by atoms with E-state index in [4.69, 9.17) is 26.5 Å². The molecule has 3 aromatic rings. The number of carboxylic acid groups (broad SMARTS) is 1. The zero-order valence-corrected chi connectivity index (χ0v) is 17.4. The normalized spacial score (nSPS) is 11.0. The quantitative estimate of drug-likeness (QED) is 0.381. The lowest BCUT2D eigenvalue weighted by molar-refractivity contribution is 0.193. The Morgan fingerprint density at radius 1 is 1.27 bits per heavy atom. The van der Waals surface area contributed by atoms with Crippen molar-refractivity contribution in [1.82, 2.24) is 9.88 Å². The van der Waals surface area contributed by atoms with Crippen molar-refractivity contribution in [3.8, 4) is 17.2 Å². The molecular weight excluding hydrogens is 408 g/mol. The van der Waals surface area contributed by atoms with Gasteiger partial charge in [-0.2, -0.15) is 0 Å². The zero-order chi connectivity index (χ0) is 21.8. The van der Waals surface area contributed by atoms with Gasteiger partial charge in [-0.3, -0.25) is 0 Å². The van der Waals surface area contributed by atoms with E-state index in [9.17, 15) is 14.7 Å². The number of aromatic nitrogens is 1. The van der Waals surface area contributed by atoms with E-state index in [2.05, 4.69) is 5.32 Å². The van der Waals surface area contributed by atoms with Crippen LogP contribution in [-0.4, -0.2) is 34.0 Å². The number of nitrogens with one attached hydrogen (secondary N) is 1. The Kier molecular flexibility index (Phi) is 6.41. The Labute approximate surface area is 177 Å². The summed E-state index contributed by atoms with van der Waals surface area (Å²) in [6.07, 6.45) is -0.542. The van der Waals surface area contributed by atoms with E-state index in [1.165, 1.54) is 10.6 Å². The van der Waals surface area contributed by atoms with E-state index in [1.54, 1.807) is 30.3 Å². The molecule has 1 amide bonds. The monoisotopic (exact) mass is 430 g/mol. The Hall–Kier alpha value is -3.33. The highest BCUT2D eigenvalue weighted by Gasteiger charge is 2.14. The Morgan fingerprint density at radius 2 is 1.97 bits per heavy atom. The van der Waals surface area contributed by atoms with Gasteiger partial charge in [0.2, 0.25) is 0 Å². The summed E-state index contributed by atoms with van der Waals surface area (Å²) in [6, 6.07) is 9.94. The summed E-state index contributed by atoms with van der Waals surface area (Å²) in [7, 11) is 0. The number of phenolic OH excluding ortho intramolecular Hbond substituents is 1. The molecule has 0 aliphatic carbocycles. The number of ether oxygens (including phenoxy) is 1. The maximum atomic E-state index is 12.5. The summed E-state index contributed by atoms with van der Waals surface area (Å²) in [5.74, 6) is 0.0644. The van der Waals surface area contributed by atoms with Crippen LogP contribution < -0.4 is 15.8 Å². The molecule has 3 rings (SSSR count). The molecule has 0 aliphatic heterocycles. The molecule has 9 heteroatoms. The summed E-state index contributed by atoms with van der Waals surface area (Å²) in [5.41, 5.74) is 1.47. The van der Waals surface area contributed by atoms with Crippen LogP contribution in [0.3, 0.4) is 0 Å². The van der Waals surface area contributed by atoms with Crippen LogP contribution in [0.4, 0.5) is 4.79 Å². The van der Waals surface area contributed by atoms with Gasteiger partial charge in [0.1, 0.15) is 21.7 Å². The van der Waals surface area contributed by atoms with Crippen LogP contribution in [0.1, 0.15) is 31.7 Å². The summed E-state index contributed by atoms with van der Waals surface area (Å²) in [6.45, 7) is 4.55. The minimum Gasteiger partial charge on any atom is -0.508 e. The van der Waals surface area contributed by atoms with Crippen LogP contribution >= 0.6 is 12.2 Å². The number of hydrogen-bond donors (Lipinski definition) is 3. The van der Waals surface area contributed by atoms with Gasteiger partial charge in [0.05, 0.1) is 17.7 Å². The first-order valence-electron chi connectivity index (χ1n) is 9.40. The third kappa shape index (κ3) is 4.62. The van der Waals surface area contributed by atoms with Crippen LogP contribution in [0.15, 0.2) is 45.6 Å². The second-order valence-corrected chi connectivity index (χ2v) is 7.38. The predicted octanol–water partition coefficient (Wildman–Crippen LogP) is 4.18. The second-order valence-electron chi connectivity index (χ2n) is 7.00. The van der Waals surface area contributed by atoms with Crippen molar-refractivity contribution >= 4 is 29.3 Å². The van der Waals surface area contributed by atoms with Crippen molar-refractivity contribution in [3.05, 3.63) is 57.2 Å². The maximum absolute atomic E-state index is 12.5. The molecule has 0 unspecified atom stereocenters. The van der Waals surface area contributed by atoms with E-state index >= 15 is 0 Å². The van der Waals surface area contributed by atoms with E-state index in [0.29, 0.717) is 36.4 Å². The summed E-state index contributed by atoms with van der Waals surface area (Å²) >= 11 is 5.54. The zero-order valence-electron chi connectivity index (χ0n) is 16.5. The Balaban J connectivity index is 1.87. The molecule has 3 N–H and O–H groups in total. The number of amides is 1. The minimum absolute atomic E-state index is 0.0628. The van der Waals surface area contributed by atoms with Gasteiger partial charge < -0.3 is 24.7 Å². The predicted molar refractivity (Wildman–Crippen MR) is 115 cm³/mol. The lowest BCUT2D eigenvalue weighted by Crippen LogP contribution is -2.23. The van der Waals surface area contributed by atoms with Crippen molar-refractivity contribution in [1.29, 1.82) is 0 Å². The van der Waals surface area contributed by atoms with Crippen LogP contribution in [-0.2, 0) is 0 Å². The molecular formula is C21H22N2O6S. The van der Waals surface area contributed by atoms with Crippen molar-refractivity contribution in [2.45, 2.75) is 26.2 Å². The van der Waals surface area contributed by atoms with Gasteiger partial charge in [0.25, 0.3) is 0 Å². The standard InChI is InChI=1S/C21H22N2O6S/c1-12(2)15-10-16-18(11-17(15)24)29-21(27)23(19(16)30)13-4-6-14(7-5-13)28-9-3-8-22-20(25)26/h4-7,10-12,22,24H,3,8-9H2,1-2H3,(H,25,26). The third-order valence-electron chi connectivity index (χ3n) is 4.53. The lowest BCUT2D eigenvalue weighted by Gasteiger charge is -2.12. The van der Waals surface area contributed by atoms with Gasteiger partial charge in [0, 0.05) is 12.6 Å². The SMILES string of the molecule is CC(C)c1cc2c(=S)n(-c3ccc(OCCCNC(=O)O)cc3)c(=O)oc2cc1O. The van der Waals surface area contributed by atoms with E-state index < -0.39 is 11.8 Å². The van der Waals surface area contributed by atoms with Crippen LogP contribution in [0.2, 0.25) is 0 Å². The van der Waals surface area contributed by atoms with Crippen LogP contribution in [0, 0.1) is 4.64 Å². The fraction of sp³-hybridized carbons (Fsp3) is 0.286. The molecule has 8 nitrogen and oxygen atoms in total. The van der Waals surface area contributed by atoms with E-state index in [-0.39, 0.29) is 21.9 Å². The van der Waals surface area contributed by atoms with Gasteiger partial charge in [-0.1, -0.05) is 26.1 Å². The number of benzene rings is 2. The number of phenols is 1. The van der Waals surface area contributed by atoms with Gasteiger partial charge in [-0.05, 0) is 48.2 Å². The molecule has 1 heterocycles. The number of rotatable bonds is 7. The first-order valence-corrected chi connectivity index (χ1v) is 9.81. The van der Waals surface area contributed by atoms with Crippen molar-refractivity contribution in [2.75, 3.05) is 13.2 Å². The van der Waals surface area contributed by atoms with Crippen LogP contribution in [0.5, 0.6) is 11.5 Å². The van der Waals surface area contributed by atoms with Gasteiger partial charge in [-0.25, -0.2) is 14.2 Å². The lowest BCUT2D eigenvalue weighted by atomic mass is 10.0. The van der Waals surface area contributed by atoms with Crippen molar-refractivity contribution in [2.24, 2.45) is 0 Å². The average molecular weight is 430 g/mol. The molecule has 0 bridgehead atoms. The van der Waals surface area contributed by atoms with Crippen molar-refractivity contribution < 1.29 is 24.2 Å². The van der Waals surface area contributed by atoms with Gasteiger partial charge in [0.15, 0.2) is 0 Å². The Bertz CT molecular complexity index is 1180. The molecule has 30 heavy (non-hydrogen) atoms.